The fourth-order valence-electron chi connectivity index (χ4n) is 5.02. The first-order valence-electron chi connectivity index (χ1n) is 14.0. The van der Waals surface area contributed by atoms with Gasteiger partial charge in [-0.05, 0) is 71.8 Å². The van der Waals surface area contributed by atoms with Gasteiger partial charge in [-0.3, -0.25) is 4.55 Å². The summed E-state index contributed by atoms with van der Waals surface area (Å²) >= 11 is 0. The zero-order valence-corrected chi connectivity index (χ0v) is 24.1. The van der Waals surface area contributed by atoms with Crippen LogP contribution in [0.1, 0.15) is 46.6 Å². The Morgan fingerprint density at radius 1 is 0.619 bits per heavy atom. The molecule has 0 aliphatic rings. The molecular weight excluding hydrogens is 544 g/mol. The van der Waals surface area contributed by atoms with Gasteiger partial charge in [0.15, 0.2) is 0 Å². The first kappa shape index (κ1) is 29.1. The van der Waals surface area contributed by atoms with Gasteiger partial charge in [0.1, 0.15) is 24.7 Å². The van der Waals surface area contributed by atoms with Crippen LogP contribution in [0.3, 0.4) is 0 Å². The van der Waals surface area contributed by atoms with E-state index in [2.05, 4.69) is 42.5 Å². The molecule has 0 amide bonds. The third kappa shape index (κ3) is 8.09. The second kappa shape index (κ2) is 14.0. The highest BCUT2D eigenvalue weighted by atomic mass is 32.2. The third-order valence-corrected chi connectivity index (χ3v) is 8.09. The molecule has 0 saturated heterocycles. The Hall–Kier alpha value is -4.39. The molecule has 0 fully saturated rings. The van der Waals surface area contributed by atoms with E-state index in [1.807, 2.05) is 66.7 Å². The topological polar surface area (TPSA) is 72.8 Å². The Balaban J connectivity index is 1.41. The lowest BCUT2D eigenvalue weighted by atomic mass is 9.86. The third-order valence-electron chi connectivity index (χ3n) is 7.22. The van der Waals surface area contributed by atoms with E-state index in [9.17, 15) is 13.0 Å². The lowest BCUT2D eigenvalue weighted by Crippen LogP contribution is -2.07. The van der Waals surface area contributed by atoms with Crippen molar-refractivity contribution in [1.82, 2.24) is 0 Å². The molecule has 1 unspecified atom stereocenters. The molecule has 6 heteroatoms. The van der Waals surface area contributed by atoms with Gasteiger partial charge in [0.05, 0.1) is 4.90 Å². The molecule has 5 aromatic rings. The van der Waals surface area contributed by atoms with Gasteiger partial charge in [-0.15, -0.1) is 0 Å². The predicted octanol–water partition coefficient (Wildman–Crippen LogP) is 8.25. The van der Waals surface area contributed by atoms with Crippen LogP contribution in [0.4, 0.5) is 0 Å². The van der Waals surface area contributed by atoms with E-state index in [4.69, 9.17) is 9.47 Å². The summed E-state index contributed by atoms with van der Waals surface area (Å²) in [5, 5.41) is 0. The maximum absolute atomic E-state index is 11.4. The fraction of sp³-hybridized carbons (Fsp3) is 0.167. The summed E-state index contributed by atoms with van der Waals surface area (Å²) in [5.41, 5.74) is 5.45. The van der Waals surface area contributed by atoms with E-state index in [0.29, 0.717) is 13.2 Å². The molecule has 0 aromatic heterocycles. The van der Waals surface area contributed by atoms with Crippen LogP contribution in [0.2, 0.25) is 0 Å². The highest BCUT2D eigenvalue weighted by Crippen LogP contribution is 2.38. The van der Waals surface area contributed by atoms with Crippen LogP contribution < -0.4 is 9.47 Å². The molecule has 0 aliphatic carbocycles. The van der Waals surface area contributed by atoms with Crippen molar-refractivity contribution >= 4 is 10.1 Å². The Bertz CT molecular complexity index is 1650. The lowest BCUT2D eigenvalue weighted by Gasteiger charge is -2.23. The number of rotatable bonds is 13. The number of benzene rings is 5. The molecule has 0 saturated carbocycles. The highest BCUT2D eigenvalue weighted by Gasteiger charge is 2.20. The summed E-state index contributed by atoms with van der Waals surface area (Å²) in [4.78, 5) is -0.0964. The standard InChI is InChI=1S/C36H34O5S/c37-42(38,39)33-22-19-28(20-23-33)15-10-18-34(31-16-8-3-9-17-31)35-25-32(40-26-29-11-4-1-5-12-29)21-24-36(35)41-27-30-13-6-2-7-14-30/h1-9,11-14,16-17,19-25,34H,10,15,18,26-27H2,(H,37,38,39). The zero-order chi connectivity index (χ0) is 29.2. The van der Waals surface area contributed by atoms with Gasteiger partial charge in [-0.2, -0.15) is 8.42 Å². The summed E-state index contributed by atoms with van der Waals surface area (Å²) in [6, 6.07) is 43.1. The summed E-state index contributed by atoms with van der Waals surface area (Å²) < 4.78 is 44.8. The molecule has 42 heavy (non-hydrogen) atoms. The van der Waals surface area contributed by atoms with E-state index < -0.39 is 10.1 Å². The summed E-state index contributed by atoms with van der Waals surface area (Å²) in [6.45, 7) is 0.930. The minimum Gasteiger partial charge on any atom is -0.489 e. The van der Waals surface area contributed by atoms with Crippen LogP contribution in [0.25, 0.3) is 0 Å². The number of ether oxygens (including phenoxy) is 2. The Morgan fingerprint density at radius 2 is 1.19 bits per heavy atom. The van der Waals surface area contributed by atoms with Gasteiger partial charge >= 0.3 is 0 Å². The van der Waals surface area contributed by atoms with Crippen molar-refractivity contribution in [2.45, 2.75) is 43.3 Å². The SMILES string of the molecule is O=S(=O)(O)c1ccc(CCCC(c2ccccc2)c2cc(OCc3ccccc3)ccc2OCc2ccccc2)cc1. The van der Waals surface area contributed by atoms with Crippen LogP contribution in [0.15, 0.2) is 138 Å². The smallest absolute Gasteiger partial charge is 0.294 e. The normalized spacial score (nSPS) is 12.0. The first-order chi connectivity index (χ1) is 20.5. The van der Waals surface area contributed by atoms with Crippen molar-refractivity contribution < 1.29 is 22.4 Å². The molecule has 5 rings (SSSR count). The molecule has 5 aromatic carbocycles. The maximum atomic E-state index is 11.4. The zero-order valence-electron chi connectivity index (χ0n) is 23.3. The minimum absolute atomic E-state index is 0.0503. The van der Waals surface area contributed by atoms with Gasteiger partial charge in [-0.1, -0.05) is 103 Å². The molecule has 0 aliphatic heterocycles. The van der Waals surface area contributed by atoms with Crippen molar-refractivity contribution in [3.05, 3.63) is 161 Å². The van der Waals surface area contributed by atoms with E-state index >= 15 is 0 Å². The highest BCUT2D eigenvalue weighted by molar-refractivity contribution is 7.85. The monoisotopic (exact) mass is 578 g/mol. The predicted molar refractivity (Wildman–Crippen MR) is 165 cm³/mol. The van der Waals surface area contributed by atoms with Gasteiger partial charge in [0, 0.05) is 11.5 Å². The van der Waals surface area contributed by atoms with Gasteiger partial charge in [0.2, 0.25) is 0 Å². The van der Waals surface area contributed by atoms with E-state index in [0.717, 1.165) is 53.0 Å². The molecule has 0 bridgehead atoms. The molecule has 1 N–H and O–H groups in total. The van der Waals surface area contributed by atoms with Gasteiger partial charge in [-0.25, -0.2) is 0 Å². The summed E-state index contributed by atoms with van der Waals surface area (Å²) in [5.74, 6) is 1.65. The number of hydrogen-bond acceptors (Lipinski definition) is 4. The first-order valence-corrected chi connectivity index (χ1v) is 15.5. The summed E-state index contributed by atoms with van der Waals surface area (Å²) in [6.07, 6.45) is 2.46. The maximum Gasteiger partial charge on any atom is 0.294 e. The number of aryl methyl sites for hydroxylation is 1. The molecule has 5 nitrogen and oxygen atoms in total. The summed E-state index contributed by atoms with van der Waals surface area (Å²) in [7, 11) is -4.21. The molecule has 214 valence electrons. The van der Waals surface area contributed by atoms with Crippen molar-refractivity contribution in [3.63, 3.8) is 0 Å². The van der Waals surface area contributed by atoms with Crippen LogP contribution in [-0.4, -0.2) is 13.0 Å². The fourth-order valence-corrected chi connectivity index (χ4v) is 5.50. The van der Waals surface area contributed by atoms with Gasteiger partial charge < -0.3 is 9.47 Å². The van der Waals surface area contributed by atoms with Crippen molar-refractivity contribution in [2.75, 3.05) is 0 Å². The van der Waals surface area contributed by atoms with E-state index in [1.165, 1.54) is 17.7 Å². The van der Waals surface area contributed by atoms with Crippen LogP contribution in [0, 0.1) is 0 Å². The van der Waals surface area contributed by atoms with Crippen molar-refractivity contribution in [1.29, 1.82) is 0 Å². The van der Waals surface area contributed by atoms with Crippen LogP contribution >= 0.6 is 0 Å². The largest absolute Gasteiger partial charge is 0.489 e. The van der Waals surface area contributed by atoms with Crippen LogP contribution in [-0.2, 0) is 29.8 Å². The van der Waals surface area contributed by atoms with Crippen molar-refractivity contribution in [3.8, 4) is 11.5 Å². The Kier molecular flexibility index (Phi) is 9.70. The Morgan fingerprint density at radius 3 is 1.79 bits per heavy atom. The lowest BCUT2D eigenvalue weighted by molar-refractivity contribution is 0.293. The quantitative estimate of drug-likeness (QED) is 0.142. The second-order valence-corrected chi connectivity index (χ2v) is 11.6. The van der Waals surface area contributed by atoms with Crippen molar-refractivity contribution in [2.24, 2.45) is 0 Å². The molecular formula is C36H34O5S. The molecule has 0 radical (unpaired) electrons. The average Bonchev–Trinajstić information content (AvgIpc) is 3.02. The number of hydrogen-bond donors (Lipinski definition) is 1. The van der Waals surface area contributed by atoms with Crippen LogP contribution in [0.5, 0.6) is 11.5 Å². The van der Waals surface area contributed by atoms with E-state index in [1.54, 1.807) is 12.1 Å². The minimum atomic E-state index is -4.21. The van der Waals surface area contributed by atoms with Gasteiger partial charge in [0.25, 0.3) is 10.1 Å². The molecule has 0 spiro atoms. The second-order valence-electron chi connectivity index (χ2n) is 10.2. The molecule has 0 heterocycles. The average molecular weight is 579 g/mol. The molecule has 1 atom stereocenters. The Labute approximate surface area is 248 Å². The van der Waals surface area contributed by atoms with E-state index in [-0.39, 0.29) is 10.8 Å².